The van der Waals surface area contributed by atoms with Crippen LogP contribution in [0.3, 0.4) is 0 Å². The van der Waals surface area contributed by atoms with Gasteiger partial charge in [0.1, 0.15) is 28.5 Å². The van der Waals surface area contributed by atoms with Crippen molar-refractivity contribution in [2.75, 3.05) is 26.1 Å². The standard InChI is InChI=1S/C24H26FN7O5S/c1-14-12-26-22(27-13-14)21(37-5)15(2)38(33,34)31-24-30-29-23(17-9-7-11-19(28-17)36-4)32(24)20-16(25)8-6-10-18(20)35-3/h6-13,15,21H,1-5H3,(H,30,31)/t15-,21+/m1/s1. The quantitative estimate of drug-likeness (QED) is 0.317. The lowest BCUT2D eigenvalue weighted by Gasteiger charge is -2.22. The topological polar surface area (TPSA) is 143 Å². The van der Waals surface area contributed by atoms with Crippen LogP contribution in [-0.4, -0.2) is 64.7 Å². The fraction of sp³-hybridized carbons (Fsp3) is 0.292. The number of aromatic nitrogens is 6. The summed E-state index contributed by atoms with van der Waals surface area (Å²) >= 11 is 0. The van der Waals surface area contributed by atoms with Gasteiger partial charge in [-0.15, -0.1) is 10.2 Å². The van der Waals surface area contributed by atoms with Crippen molar-refractivity contribution in [3.8, 4) is 28.8 Å². The maximum atomic E-state index is 15.2. The number of aryl methyl sites for hydroxylation is 1. The molecule has 0 aliphatic carbocycles. The lowest BCUT2D eigenvalue weighted by molar-refractivity contribution is 0.0949. The zero-order valence-electron chi connectivity index (χ0n) is 21.3. The Morgan fingerprint density at radius 2 is 1.71 bits per heavy atom. The first kappa shape index (κ1) is 26.9. The molecule has 4 rings (SSSR count). The van der Waals surface area contributed by atoms with Gasteiger partial charge in [-0.2, -0.15) is 0 Å². The Morgan fingerprint density at radius 1 is 1.00 bits per heavy atom. The number of benzene rings is 1. The molecule has 0 amide bonds. The Balaban J connectivity index is 1.83. The van der Waals surface area contributed by atoms with Crippen molar-refractivity contribution in [2.45, 2.75) is 25.2 Å². The van der Waals surface area contributed by atoms with E-state index in [1.54, 1.807) is 30.6 Å². The average molecular weight is 544 g/mol. The van der Waals surface area contributed by atoms with Crippen LogP contribution in [0.2, 0.25) is 0 Å². The smallest absolute Gasteiger partial charge is 0.243 e. The molecule has 1 aromatic carbocycles. The highest BCUT2D eigenvalue weighted by atomic mass is 32.2. The first-order valence-corrected chi connectivity index (χ1v) is 12.9. The molecule has 1 N–H and O–H groups in total. The second kappa shape index (κ2) is 11.1. The van der Waals surface area contributed by atoms with Gasteiger partial charge in [-0.05, 0) is 37.6 Å². The van der Waals surface area contributed by atoms with Crippen LogP contribution in [0, 0.1) is 12.7 Å². The summed E-state index contributed by atoms with van der Waals surface area (Å²) in [5.74, 6) is -0.374. The van der Waals surface area contributed by atoms with E-state index in [0.717, 1.165) is 5.56 Å². The molecular formula is C24H26FN7O5S. The first-order chi connectivity index (χ1) is 18.2. The van der Waals surface area contributed by atoms with Gasteiger partial charge in [0.25, 0.3) is 0 Å². The molecule has 38 heavy (non-hydrogen) atoms. The van der Waals surface area contributed by atoms with Gasteiger partial charge in [0.05, 0.1) is 14.2 Å². The van der Waals surface area contributed by atoms with Crippen molar-refractivity contribution in [3.63, 3.8) is 0 Å². The molecule has 0 unspecified atom stereocenters. The Morgan fingerprint density at radius 3 is 2.37 bits per heavy atom. The number of methoxy groups -OCH3 is 3. The minimum Gasteiger partial charge on any atom is -0.494 e. The number of rotatable bonds is 10. The van der Waals surface area contributed by atoms with E-state index in [2.05, 4.69) is 29.9 Å². The SMILES string of the molecule is COc1cccc(-c2nnc(NS(=O)(=O)[C@H](C)[C@H](OC)c3ncc(C)cn3)n2-c2c(F)cccc2OC)n1. The molecule has 0 fully saturated rings. The second-order valence-electron chi connectivity index (χ2n) is 8.17. The summed E-state index contributed by atoms with van der Waals surface area (Å²) in [6, 6.07) is 9.08. The summed E-state index contributed by atoms with van der Waals surface area (Å²) in [5.41, 5.74) is 0.946. The summed E-state index contributed by atoms with van der Waals surface area (Å²) in [6.07, 6.45) is 2.12. The Bertz CT molecular complexity index is 1530. The van der Waals surface area contributed by atoms with Crippen molar-refractivity contribution < 1.29 is 27.0 Å². The summed E-state index contributed by atoms with van der Waals surface area (Å²) in [6.45, 7) is 3.25. The van der Waals surface area contributed by atoms with E-state index in [1.807, 2.05) is 6.92 Å². The molecule has 2 atom stereocenters. The molecule has 3 aromatic heterocycles. The van der Waals surface area contributed by atoms with Crippen LogP contribution >= 0.6 is 0 Å². The molecule has 200 valence electrons. The fourth-order valence-corrected chi connectivity index (χ4v) is 4.83. The summed E-state index contributed by atoms with van der Waals surface area (Å²) < 4.78 is 61.9. The van der Waals surface area contributed by atoms with Gasteiger partial charge in [0, 0.05) is 25.6 Å². The van der Waals surface area contributed by atoms with Crippen LogP contribution in [0.5, 0.6) is 11.6 Å². The van der Waals surface area contributed by atoms with Crippen molar-refractivity contribution in [1.29, 1.82) is 0 Å². The molecule has 0 saturated carbocycles. The van der Waals surface area contributed by atoms with Crippen LogP contribution in [0.15, 0.2) is 48.8 Å². The lowest BCUT2D eigenvalue weighted by Crippen LogP contribution is -2.33. The van der Waals surface area contributed by atoms with Crippen LogP contribution in [0.4, 0.5) is 10.3 Å². The molecule has 14 heteroatoms. The third-order valence-corrected chi connectivity index (χ3v) is 7.37. The zero-order chi connectivity index (χ0) is 27.4. The van der Waals surface area contributed by atoms with Gasteiger partial charge < -0.3 is 14.2 Å². The number of anilines is 1. The molecule has 0 radical (unpaired) electrons. The van der Waals surface area contributed by atoms with Crippen LogP contribution in [0.25, 0.3) is 17.2 Å². The number of pyridine rings is 1. The summed E-state index contributed by atoms with van der Waals surface area (Å²) in [4.78, 5) is 12.7. The van der Waals surface area contributed by atoms with E-state index in [-0.39, 0.29) is 40.6 Å². The minimum atomic E-state index is -4.21. The Kier molecular flexibility index (Phi) is 7.83. The number of hydrogen-bond donors (Lipinski definition) is 1. The van der Waals surface area contributed by atoms with Crippen LogP contribution in [-0.2, 0) is 14.8 Å². The largest absolute Gasteiger partial charge is 0.494 e. The Hall–Kier alpha value is -4.17. The molecule has 0 aliphatic rings. The van der Waals surface area contributed by atoms with Crippen molar-refractivity contribution >= 4 is 16.0 Å². The second-order valence-corrected chi connectivity index (χ2v) is 10.2. The maximum Gasteiger partial charge on any atom is 0.243 e. The number of nitrogens with one attached hydrogen (secondary N) is 1. The molecule has 4 aromatic rings. The van der Waals surface area contributed by atoms with Gasteiger partial charge in [-0.3, -0.25) is 9.29 Å². The summed E-state index contributed by atoms with van der Waals surface area (Å²) in [7, 11) is -0.0440. The van der Waals surface area contributed by atoms with E-state index in [4.69, 9.17) is 14.2 Å². The highest BCUT2D eigenvalue weighted by Crippen LogP contribution is 2.34. The van der Waals surface area contributed by atoms with Crippen molar-refractivity contribution in [3.05, 3.63) is 66.0 Å². The van der Waals surface area contributed by atoms with E-state index < -0.39 is 27.2 Å². The first-order valence-electron chi connectivity index (χ1n) is 11.3. The number of para-hydroxylation sites is 1. The average Bonchev–Trinajstić information content (AvgIpc) is 3.32. The van der Waals surface area contributed by atoms with Gasteiger partial charge in [0.15, 0.2) is 17.5 Å². The van der Waals surface area contributed by atoms with E-state index >= 15 is 4.39 Å². The highest BCUT2D eigenvalue weighted by molar-refractivity contribution is 7.93. The number of sulfonamides is 1. The van der Waals surface area contributed by atoms with E-state index in [1.165, 1.54) is 51.0 Å². The third-order valence-electron chi connectivity index (χ3n) is 5.68. The Labute approximate surface area is 218 Å². The summed E-state index contributed by atoms with van der Waals surface area (Å²) in [5, 5.41) is 6.97. The number of hydrogen-bond acceptors (Lipinski definition) is 10. The lowest BCUT2D eigenvalue weighted by atomic mass is 10.2. The normalized spacial score (nSPS) is 13.1. The highest BCUT2D eigenvalue weighted by Gasteiger charge is 2.35. The number of ether oxygens (including phenoxy) is 3. The van der Waals surface area contributed by atoms with Crippen molar-refractivity contribution in [2.24, 2.45) is 0 Å². The third kappa shape index (κ3) is 5.26. The minimum absolute atomic E-state index is 0.0443. The molecular weight excluding hydrogens is 517 g/mol. The van der Waals surface area contributed by atoms with Gasteiger partial charge in [0.2, 0.25) is 21.9 Å². The zero-order valence-corrected chi connectivity index (χ0v) is 22.1. The fourth-order valence-electron chi connectivity index (χ4n) is 3.70. The monoisotopic (exact) mass is 543 g/mol. The number of halogens is 1. The van der Waals surface area contributed by atoms with Gasteiger partial charge in [-0.25, -0.2) is 27.8 Å². The molecule has 0 spiro atoms. The van der Waals surface area contributed by atoms with Gasteiger partial charge in [-0.1, -0.05) is 12.1 Å². The maximum absolute atomic E-state index is 15.2. The van der Waals surface area contributed by atoms with E-state index in [9.17, 15) is 8.42 Å². The van der Waals surface area contributed by atoms with Crippen LogP contribution in [0.1, 0.15) is 24.4 Å². The molecule has 12 nitrogen and oxygen atoms in total. The molecule has 3 heterocycles. The van der Waals surface area contributed by atoms with Crippen LogP contribution < -0.4 is 14.2 Å². The van der Waals surface area contributed by atoms with E-state index in [0.29, 0.717) is 0 Å². The van der Waals surface area contributed by atoms with Crippen molar-refractivity contribution in [1.82, 2.24) is 29.7 Å². The molecule has 0 aliphatic heterocycles. The predicted octanol–water partition coefficient (Wildman–Crippen LogP) is 3.10. The molecule has 0 bridgehead atoms. The number of nitrogens with zero attached hydrogens (tertiary/aromatic N) is 6. The predicted molar refractivity (Wildman–Crippen MR) is 136 cm³/mol. The molecule has 0 saturated heterocycles. The van der Waals surface area contributed by atoms with Gasteiger partial charge >= 0.3 is 0 Å².